The van der Waals surface area contributed by atoms with Crippen LogP contribution in [0.25, 0.3) is 0 Å². The number of hydrogen-bond acceptors (Lipinski definition) is 6. The van der Waals surface area contributed by atoms with Crippen LogP contribution >= 0.6 is 11.8 Å². The Morgan fingerprint density at radius 3 is 2.65 bits per heavy atom. The molecule has 0 amide bonds. The van der Waals surface area contributed by atoms with Gasteiger partial charge >= 0.3 is 0 Å². The molecule has 0 atom stereocenters. The molecule has 3 aromatic rings. The predicted molar refractivity (Wildman–Crippen MR) is 102 cm³/mol. The molecule has 2 aromatic carbocycles. The fraction of sp³-hybridized carbons (Fsp3) is 0.300. The number of aryl methyl sites for hydroxylation is 3. The monoisotopic (exact) mass is 370 g/mol. The van der Waals surface area contributed by atoms with Crippen molar-refractivity contribution >= 4 is 11.8 Å². The predicted octanol–water partition coefficient (Wildman–Crippen LogP) is 4.74. The Bertz CT molecular complexity index is 864. The Balaban J connectivity index is 1.43. The molecule has 0 spiro atoms. The van der Waals surface area contributed by atoms with Gasteiger partial charge in [0, 0.05) is 5.75 Å². The standard InChI is InChI=1S/C20H22N2O3S/c1-14-5-4-6-17(11-14)24-13-19-21-22-20(25-19)26-10-9-23-18-12-15(2)7-8-16(18)3/h4-8,11-12H,9-10,13H2,1-3H3. The SMILES string of the molecule is Cc1cccc(OCc2nnc(SCCOc3cc(C)ccc3C)o2)c1. The van der Waals surface area contributed by atoms with Gasteiger partial charge in [-0.3, -0.25) is 0 Å². The summed E-state index contributed by atoms with van der Waals surface area (Å²) in [6.07, 6.45) is 0. The van der Waals surface area contributed by atoms with Crippen LogP contribution in [0.5, 0.6) is 11.5 Å². The van der Waals surface area contributed by atoms with Gasteiger partial charge in [-0.2, -0.15) is 0 Å². The topological polar surface area (TPSA) is 57.4 Å². The van der Waals surface area contributed by atoms with Crippen LogP contribution in [0.15, 0.2) is 52.1 Å². The summed E-state index contributed by atoms with van der Waals surface area (Å²) < 4.78 is 17.1. The van der Waals surface area contributed by atoms with Crippen molar-refractivity contribution in [1.82, 2.24) is 10.2 Å². The summed E-state index contributed by atoms with van der Waals surface area (Å²) in [5.74, 6) is 2.90. The number of ether oxygens (including phenoxy) is 2. The summed E-state index contributed by atoms with van der Waals surface area (Å²) in [6, 6.07) is 14.0. The fourth-order valence-corrected chi connectivity index (χ4v) is 2.94. The van der Waals surface area contributed by atoms with Gasteiger partial charge in [0.25, 0.3) is 11.1 Å². The highest BCUT2D eigenvalue weighted by molar-refractivity contribution is 7.99. The van der Waals surface area contributed by atoms with Crippen molar-refractivity contribution in [1.29, 1.82) is 0 Å². The smallest absolute Gasteiger partial charge is 0.276 e. The van der Waals surface area contributed by atoms with Crippen LogP contribution in [0.3, 0.4) is 0 Å². The van der Waals surface area contributed by atoms with Gasteiger partial charge in [0.05, 0.1) is 6.61 Å². The van der Waals surface area contributed by atoms with E-state index in [0.29, 0.717) is 17.7 Å². The molecule has 0 aliphatic heterocycles. The van der Waals surface area contributed by atoms with Crippen LogP contribution in [0.4, 0.5) is 0 Å². The van der Waals surface area contributed by atoms with Crippen LogP contribution in [-0.4, -0.2) is 22.6 Å². The largest absolute Gasteiger partial charge is 0.492 e. The molecule has 0 aliphatic rings. The minimum atomic E-state index is 0.260. The molecule has 26 heavy (non-hydrogen) atoms. The second kappa shape index (κ2) is 8.76. The van der Waals surface area contributed by atoms with Gasteiger partial charge < -0.3 is 13.9 Å². The summed E-state index contributed by atoms with van der Waals surface area (Å²) in [5.41, 5.74) is 3.47. The first kappa shape index (κ1) is 18.3. The van der Waals surface area contributed by atoms with E-state index in [0.717, 1.165) is 28.4 Å². The molecule has 0 bridgehead atoms. The number of hydrogen-bond donors (Lipinski definition) is 0. The third-order valence-electron chi connectivity index (χ3n) is 3.71. The van der Waals surface area contributed by atoms with Crippen molar-refractivity contribution < 1.29 is 13.9 Å². The Morgan fingerprint density at radius 2 is 1.81 bits per heavy atom. The summed E-state index contributed by atoms with van der Waals surface area (Å²) in [7, 11) is 0. The van der Waals surface area contributed by atoms with E-state index in [1.165, 1.54) is 17.3 Å². The van der Waals surface area contributed by atoms with E-state index in [2.05, 4.69) is 29.3 Å². The van der Waals surface area contributed by atoms with Crippen LogP contribution in [-0.2, 0) is 6.61 Å². The van der Waals surface area contributed by atoms with E-state index in [1.807, 2.05) is 44.2 Å². The molecule has 1 aromatic heterocycles. The number of benzene rings is 2. The highest BCUT2D eigenvalue weighted by Crippen LogP contribution is 2.21. The van der Waals surface area contributed by atoms with E-state index < -0.39 is 0 Å². The Hall–Kier alpha value is -2.47. The molecule has 0 unspecified atom stereocenters. The molecule has 136 valence electrons. The zero-order chi connectivity index (χ0) is 18.4. The number of nitrogens with zero attached hydrogens (tertiary/aromatic N) is 2. The van der Waals surface area contributed by atoms with Gasteiger partial charge in [0.2, 0.25) is 0 Å². The Kier molecular flexibility index (Phi) is 6.17. The highest BCUT2D eigenvalue weighted by Gasteiger charge is 2.08. The van der Waals surface area contributed by atoms with Crippen LogP contribution in [0.1, 0.15) is 22.6 Å². The summed E-state index contributed by atoms with van der Waals surface area (Å²) in [4.78, 5) is 0. The van der Waals surface area contributed by atoms with E-state index in [-0.39, 0.29) is 6.61 Å². The lowest BCUT2D eigenvalue weighted by Gasteiger charge is -2.08. The van der Waals surface area contributed by atoms with Crippen molar-refractivity contribution in [3.63, 3.8) is 0 Å². The van der Waals surface area contributed by atoms with Gasteiger partial charge in [-0.15, -0.1) is 10.2 Å². The summed E-state index contributed by atoms with van der Waals surface area (Å²) in [6.45, 7) is 6.96. The molecule has 6 heteroatoms. The Morgan fingerprint density at radius 1 is 0.962 bits per heavy atom. The van der Waals surface area contributed by atoms with Crippen molar-refractivity contribution in [2.75, 3.05) is 12.4 Å². The molecule has 0 N–H and O–H groups in total. The van der Waals surface area contributed by atoms with Gasteiger partial charge in [-0.05, 0) is 55.7 Å². The third kappa shape index (κ3) is 5.26. The Labute approximate surface area is 157 Å². The van der Waals surface area contributed by atoms with Crippen LogP contribution < -0.4 is 9.47 Å². The quantitative estimate of drug-likeness (QED) is 0.421. The van der Waals surface area contributed by atoms with Crippen molar-refractivity contribution in [3.8, 4) is 11.5 Å². The first-order valence-corrected chi connectivity index (χ1v) is 9.43. The van der Waals surface area contributed by atoms with E-state index in [1.54, 1.807) is 0 Å². The van der Waals surface area contributed by atoms with E-state index in [9.17, 15) is 0 Å². The lowest BCUT2D eigenvalue weighted by Crippen LogP contribution is -2.01. The highest BCUT2D eigenvalue weighted by atomic mass is 32.2. The second-order valence-electron chi connectivity index (χ2n) is 6.03. The lowest BCUT2D eigenvalue weighted by molar-refractivity contribution is 0.252. The summed E-state index contributed by atoms with van der Waals surface area (Å²) >= 11 is 1.47. The maximum atomic E-state index is 5.83. The van der Waals surface area contributed by atoms with Crippen LogP contribution in [0.2, 0.25) is 0 Å². The minimum absolute atomic E-state index is 0.260. The van der Waals surface area contributed by atoms with E-state index >= 15 is 0 Å². The van der Waals surface area contributed by atoms with E-state index in [4.69, 9.17) is 13.9 Å². The first-order chi connectivity index (χ1) is 12.6. The molecule has 1 heterocycles. The number of thioether (sulfide) groups is 1. The maximum absolute atomic E-state index is 5.83. The fourth-order valence-electron chi connectivity index (χ4n) is 2.35. The number of aromatic nitrogens is 2. The van der Waals surface area contributed by atoms with Gasteiger partial charge in [0.1, 0.15) is 11.5 Å². The van der Waals surface area contributed by atoms with Crippen molar-refractivity contribution in [3.05, 3.63) is 65.0 Å². The molecule has 3 rings (SSSR count). The van der Waals surface area contributed by atoms with Gasteiger partial charge in [-0.25, -0.2) is 0 Å². The molecule has 0 aliphatic carbocycles. The minimum Gasteiger partial charge on any atom is -0.492 e. The third-order valence-corrected chi connectivity index (χ3v) is 4.49. The molecule has 0 saturated heterocycles. The molecular weight excluding hydrogens is 348 g/mol. The van der Waals surface area contributed by atoms with Gasteiger partial charge in [-0.1, -0.05) is 36.0 Å². The zero-order valence-electron chi connectivity index (χ0n) is 15.2. The normalized spacial score (nSPS) is 10.7. The molecular formula is C20H22N2O3S. The maximum Gasteiger partial charge on any atom is 0.276 e. The zero-order valence-corrected chi connectivity index (χ0v) is 16.0. The molecule has 0 radical (unpaired) electrons. The lowest BCUT2D eigenvalue weighted by atomic mass is 10.1. The average Bonchev–Trinajstić information content (AvgIpc) is 3.08. The van der Waals surface area contributed by atoms with Gasteiger partial charge in [0.15, 0.2) is 6.61 Å². The molecule has 0 fully saturated rings. The van der Waals surface area contributed by atoms with Crippen LogP contribution in [0, 0.1) is 20.8 Å². The molecule has 5 nitrogen and oxygen atoms in total. The van der Waals surface area contributed by atoms with Crippen molar-refractivity contribution in [2.24, 2.45) is 0 Å². The summed E-state index contributed by atoms with van der Waals surface area (Å²) in [5, 5.41) is 8.57. The van der Waals surface area contributed by atoms with Crippen molar-refractivity contribution in [2.45, 2.75) is 32.6 Å². The first-order valence-electron chi connectivity index (χ1n) is 8.45. The second-order valence-corrected chi connectivity index (χ2v) is 7.08. The molecule has 0 saturated carbocycles. The number of rotatable bonds is 8. The average molecular weight is 370 g/mol.